The molecule has 35 heavy (non-hydrogen) atoms. The molecule has 0 bridgehead atoms. The van der Waals surface area contributed by atoms with Crippen molar-refractivity contribution in [3.63, 3.8) is 0 Å². The van der Waals surface area contributed by atoms with Crippen LogP contribution in [-0.2, 0) is 0 Å². The third-order valence-corrected chi connectivity index (χ3v) is 6.17. The lowest BCUT2D eigenvalue weighted by Crippen LogP contribution is -2.38. The highest BCUT2D eigenvalue weighted by molar-refractivity contribution is 5.86. The molecule has 3 unspecified atom stereocenters. The maximum atomic E-state index is 14.1. The number of aliphatic hydroxyl groups excluding tert-OH is 1. The van der Waals surface area contributed by atoms with Crippen LogP contribution in [0, 0.1) is 0 Å². The van der Waals surface area contributed by atoms with Crippen LogP contribution in [0.1, 0.15) is 24.9 Å². The summed E-state index contributed by atoms with van der Waals surface area (Å²) in [5.41, 5.74) is 7.36. The lowest BCUT2D eigenvalue weighted by atomic mass is 10.1. The molecule has 3 aromatic heterocycles. The SMILES string of the molecule is CC(CO)Oc1cccc2ccc(-c3nnc4ccc(C(N5CCC(N)C5)C(F)(F)F)cn34)nc12. The van der Waals surface area contributed by atoms with Crippen molar-refractivity contribution in [3.05, 3.63) is 54.2 Å². The minimum atomic E-state index is -4.47. The number of ether oxygens (including phenoxy) is 1. The van der Waals surface area contributed by atoms with Gasteiger partial charge in [0.2, 0.25) is 0 Å². The Hall–Kier alpha value is -3.28. The number of nitrogens with two attached hydrogens (primary N) is 1. The molecule has 1 aliphatic heterocycles. The highest BCUT2D eigenvalue weighted by Crippen LogP contribution is 2.39. The standard InChI is InChI=1S/C24H25F3N6O2/c1-14(13-34)35-19-4-2-3-15-5-7-18(29-21(15)19)23-31-30-20-8-6-16(11-33(20)23)22(24(25,26)27)32-10-9-17(28)12-32/h2-8,11,14,17,22,34H,9-10,12-13,28H2,1H3. The molecule has 5 rings (SSSR count). The van der Waals surface area contributed by atoms with Crippen molar-refractivity contribution in [1.82, 2.24) is 24.5 Å². The van der Waals surface area contributed by atoms with E-state index in [1.165, 1.54) is 27.6 Å². The summed E-state index contributed by atoms with van der Waals surface area (Å²) in [7, 11) is 0. The Morgan fingerprint density at radius 1 is 1.17 bits per heavy atom. The second-order valence-corrected chi connectivity index (χ2v) is 8.84. The van der Waals surface area contributed by atoms with Crippen LogP contribution in [0.4, 0.5) is 13.2 Å². The van der Waals surface area contributed by atoms with E-state index < -0.39 is 18.3 Å². The second kappa shape index (κ2) is 9.06. The van der Waals surface area contributed by atoms with Crippen LogP contribution in [0.5, 0.6) is 5.75 Å². The highest BCUT2D eigenvalue weighted by atomic mass is 19.4. The van der Waals surface area contributed by atoms with Gasteiger partial charge in [-0.25, -0.2) is 4.98 Å². The Bertz CT molecular complexity index is 1360. The van der Waals surface area contributed by atoms with Crippen molar-refractivity contribution in [1.29, 1.82) is 0 Å². The monoisotopic (exact) mass is 486 g/mol. The summed E-state index contributed by atoms with van der Waals surface area (Å²) in [6.07, 6.45) is -2.95. The number of aliphatic hydroxyl groups is 1. The average molecular weight is 486 g/mol. The molecule has 4 aromatic rings. The van der Waals surface area contributed by atoms with Gasteiger partial charge in [-0.1, -0.05) is 24.3 Å². The predicted octanol–water partition coefficient (Wildman–Crippen LogP) is 3.34. The van der Waals surface area contributed by atoms with E-state index >= 15 is 0 Å². The Balaban J connectivity index is 1.59. The van der Waals surface area contributed by atoms with Crippen LogP contribution in [0.15, 0.2) is 48.7 Å². The minimum Gasteiger partial charge on any atom is -0.486 e. The first-order valence-electron chi connectivity index (χ1n) is 11.3. The normalized spacial score (nSPS) is 18.9. The van der Waals surface area contributed by atoms with Gasteiger partial charge >= 0.3 is 6.18 Å². The van der Waals surface area contributed by atoms with Gasteiger partial charge in [-0.2, -0.15) is 13.2 Å². The third-order valence-electron chi connectivity index (χ3n) is 6.17. The molecule has 11 heteroatoms. The Labute approximate surface area is 199 Å². The summed E-state index contributed by atoms with van der Waals surface area (Å²) < 4.78 is 49.7. The number of fused-ring (bicyclic) bond motifs is 2. The fraction of sp³-hybridized carbons (Fsp3) is 0.375. The van der Waals surface area contributed by atoms with E-state index in [0.717, 1.165) is 5.39 Å². The van der Waals surface area contributed by atoms with Crippen molar-refractivity contribution >= 4 is 16.6 Å². The number of benzene rings is 1. The van der Waals surface area contributed by atoms with Gasteiger partial charge in [-0.3, -0.25) is 9.30 Å². The van der Waals surface area contributed by atoms with Gasteiger partial charge in [0.05, 0.1) is 6.61 Å². The summed E-state index contributed by atoms with van der Waals surface area (Å²) in [6.45, 7) is 2.04. The van der Waals surface area contributed by atoms with Crippen LogP contribution in [-0.4, -0.2) is 67.6 Å². The van der Waals surface area contributed by atoms with Crippen molar-refractivity contribution in [2.24, 2.45) is 5.73 Å². The molecule has 0 aliphatic carbocycles. The van der Waals surface area contributed by atoms with E-state index in [9.17, 15) is 18.3 Å². The summed E-state index contributed by atoms with van der Waals surface area (Å²) in [5, 5.41) is 18.5. The van der Waals surface area contributed by atoms with Gasteiger partial charge in [0.1, 0.15) is 29.1 Å². The van der Waals surface area contributed by atoms with Crippen LogP contribution in [0.25, 0.3) is 28.1 Å². The number of aromatic nitrogens is 4. The topological polar surface area (TPSA) is 102 Å². The molecule has 1 saturated heterocycles. The number of para-hydroxylation sites is 1. The number of pyridine rings is 2. The smallest absolute Gasteiger partial charge is 0.408 e. The molecule has 3 N–H and O–H groups in total. The highest BCUT2D eigenvalue weighted by Gasteiger charge is 2.46. The first kappa shape index (κ1) is 23.5. The first-order chi connectivity index (χ1) is 16.7. The van der Waals surface area contributed by atoms with E-state index in [0.29, 0.717) is 34.9 Å². The number of rotatable bonds is 6. The number of halogens is 3. The summed E-state index contributed by atoms with van der Waals surface area (Å²) in [5.74, 6) is 0.802. The van der Waals surface area contributed by atoms with Crippen LogP contribution in [0.3, 0.4) is 0 Å². The lowest BCUT2D eigenvalue weighted by molar-refractivity contribution is -0.183. The largest absolute Gasteiger partial charge is 0.486 e. The number of likely N-dealkylation sites (tertiary alicyclic amines) is 1. The number of alkyl halides is 3. The van der Waals surface area contributed by atoms with Crippen molar-refractivity contribution in [2.45, 2.75) is 37.7 Å². The zero-order valence-electron chi connectivity index (χ0n) is 19.0. The van der Waals surface area contributed by atoms with E-state index in [4.69, 9.17) is 10.5 Å². The maximum Gasteiger partial charge on any atom is 0.408 e. The van der Waals surface area contributed by atoms with Gasteiger partial charge in [0.25, 0.3) is 0 Å². The Morgan fingerprint density at radius 3 is 2.71 bits per heavy atom. The molecule has 1 aliphatic rings. The molecule has 184 valence electrons. The first-order valence-corrected chi connectivity index (χ1v) is 11.3. The number of hydrogen-bond acceptors (Lipinski definition) is 7. The fourth-order valence-electron chi connectivity index (χ4n) is 4.49. The quantitative estimate of drug-likeness (QED) is 0.431. The second-order valence-electron chi connectivity index (χ2n) is 8.84. The molecule has 0 amide bonds. The zero-order valence-corrected chi connectivity index (χ0v) is 19.0. The number of hydrogen-bond donors (Lipinski definition) is 2. The fourth-order valence-corrected chi connectivity index (χ4v) is 4.49. The van der Waals surface area contributed by atoms with E-state index in [-0.39, 0.29) is 31.3 Å². The molecule has 1 fully saturated rings. The molecule has 8 nitrogen and oxygen atoms in total. The molecule has 0 spiro atoms. The van der Waals surface area contributed by atoms with Crippen LogP contribution >= 0.6 is 0 Å². The molecule has 4 heterocycles. The molecule has 3 atom stereocenters. The van der Waals surface area contributed by atoms with Gasteiger partial charge in [-0.05, 0) is 37.1 Å². The van der Waals surface area contributed by atoms with Crippen LogP contribution < -0.4 is 10.5 Å². The molecule has 1 aromatic carbocycles. The van der Waals surface area contributed by atoms with E-state index in [2.05, 4.69) is 15.2 Å². The van der Waals surface area contributed by atoms with E-state index in [1.807, 2.05) is 18.2 Å². The zero-order chi connectivity index (χ0) is 24.7. The van der Waals surface area contributed by atoms with Crippen molar-refractivity contribution in [3.8, 4) is 17.3 Å². The minimum absolute atomic E-state index is 0.0849. The van der Waals surface area contributed by atoms with Gasteiger partial charge < -0.3 is 15.6 Å². The van der Waals surface area contributed by atoms with Crippen molar-refractivity contribution < 1.29 is 23.0 Å². The van der Waals surface area contributed by atoms with Gasteiger partial charge in [0.15, 0.2) is 11.5 Å². The Kier molecular flexibility index (Phi) is 6.07. The lowest BCUT2D eigenvalue weighted by Gasteiger charge is -2.30. The molecule has 0 saturated carbocycles. The van der Waals surface area contributed by atoms with Crippen LogP contribution in [0.2, 0.25) is 0 Å². The van der Waals surface area contributed by atoms with E-state index in [1.54, 1.807) is 19.1 Å². The summed E-state index contributed by atoms with van der Waals surface area (Å²) in [4.78, 5) is 6.06. The van der Waals surface area contributed by atoms with Crippen molar-refractivity contribution in [2.75, 3.05) is 19.7 Å². The summed E-state index contributed by atoms with van der Waals surface area (Å²) in [6, 6.07) is 9.93. The Morgan fingerprint density at radius 2 is 2.00 bits per heavy atom. The number of nitrogens with zero attached hydrogens (tertiary/aromatic N) is 5. The molecular formula is C24H25F3N6O2. The molecule has 0 radical (unpaired) electrons. The predicted molar refractivity (Wildman–Crippen MR) is 124 cm³/mol. The van der Waals surface area contributed by atoms with Gasteiger partial charge in [0, 0.05) is 30.7 Å². The van der Waals surface area contributed by atoms with Gasteiger partial charge in [-0.15, -0.1) is 10.2 Å². The molecular weight excluding hydrogens is 461 g/mol. The summed E-state index contributed by atoms with van der Waals surface area (Å²) >= 11 is 0. The average Bonchev–Trinajstić information content (AvgIpc) is 3.44. The third kappa shape index (κ3) is 4.54. The maximum absolute atomic E-state index is 14.1.